The summed E-state index contributed by atoms with van der Waals surface area (Å²) in [6.45, 7) is 18.6. The van der Waals surface area contributed by atoms with Crippen molar-refractivity contribution in [1.82, 2.24) is 4.90 Å². The second kappa shape index (κ2) is 8.36. The van der Waals surface area contributed by atoms with Crippen molar-refractivity contribution in [3.8, 4) is 0 Å². The van der Waals surface area contributed by atoms with Crippen LogP contribution in [0, 0.1) is 5.92 Å². The van der Waals surface area contributed by atoms with Crippen molar-refractivity contribution >= 4 is 5.91 Å². The molecule has 0 aromatic heterocycles. The first-order valence-corrected chi connectivity index (χ1v) is 8.51. The highest BCUT2D eigenvalue weighted by Gasteiger charge is 2.44. The van der Waals surface area contributed by atoms with Crippen LogP contribution >= 0.6 is 0 Å². The van der Waals surface area contributed by atoms with E-state index >= 15 is 0 Å². The van der Waals surface area contributed by atoms with Crippen molar-refractivity contribution in [3.05, 3.63) is 37.0 Å². The third kappa shape index (κ3) is 4.59. The van der Waals surface area contributed by atoms with Gasteiger partial charge < -0.3 is 4.90 Å². The second-order valence-electron chi connectivity index (χ2n) is 7.12. The molecule has 0 atom stereocenters. The lowest BCUT2D eigenvalue weighted by molar-refractivity contribution is -0.137. The molecule has 22 heavy (non-hydrogen) atoms. The zero-order valence-corrected chi connectivity index (χ0v) is 14.8. The molecule has 2 nitrogen and oxygen atoms in total. The molecule has 0 N–H and O–H groups in total. The average molecular weight is 303 g/mol. The van der Waals surface area contributed by atoms with Gasteiger partial charge in [0.15, 0.2) is 0 Å². The Balaban J connectivity index is 3.32. The smallest absolute Gasteiger partial charge is 0.220 e. The van der Waals surface area contributed by atoms with Gasteiger partial charge >= 0.3 is 0 Å². The normalized spacial score (nSPS) is 16.1. The number of nitrogens with zero attached hydrogens (tertiary/aromatic N) is 1. The Morgan fingerprint density at radius 1 is 1.09 bits per heavy atom. The highest BCUT2D eigenvalue weighted by molar-refractivity contribution is 5.74. The van der Waals surface area contributed by atoms with Crippen LogP contribution in [-0.4, -0.2) is 22.9 Å². The molecule has 124 valence electrons. The van der Waals surface area contributed by atoms with E-state index in [1.807, 2.05) is 11.0 Å². The van der Waals surface area contributed by atoms with Crippen molar-refractivity contribution in [2.45, 2.75) is 71.3 Å². The fourth-order valence-electron chi connectivity index (χ4n) is 4.20. The van der Waals surface area contributed by atoms with Crippen LogP contribution < -0.4 is 0 Å². The average Bonchev–Trinajstić information content (AvgIpc) is 2.43. The highest BCUT2D eigenvalue weighted by Crippen LogP contribution is 2.44. The number of carbonyl (C=O) groups excluding carboxylic acids is 1. The molecule has 1 aliphatic rings. The number of carbonyl (C=O) groups is 1. The fraction of sp³-hybridized carbons (Fsp3) is 0.650. The summed E-state index contributed by atoms with van der Waals surface area (Å²) in [4.78, 5) is 14.4. The maximum Gasteiger partial charge on any atom is 0.220 e. The standard InChI is InChI=1S/C20H33NO/c1-7-13-21(18(6)22)20(14-16(2)3,15-17(4)5)19-11-9-8-10-12-19/h7,19H,1-2,4,8-15H2,3,5-6H3. The van der Waals surface area contributed by atoms with Crippen LogP contribution in [-0.2, 0) is 4.79 Å². The summed E-state index contributed by atoms with van der Waals surface area (Å²) in [6.07, 6.45) is 9.79. The Bertz CT molecular complexity index is 413. The molecule has 0 aromatic carbocycles. The van der Waals surface area contributed by atoms with Crippen molar-refractivity contribution in [2.75, 3.05) is 6.54 Å². The highest BCUT2D eigenvalue weighted by atomic mass is 16.2. The largest absolute Gasteiger partial charge is 0.333 e. The van der Waals surface area contributed by atoms with E-state index in [2.05, 4.69) is 33.6 Å². The van der Waals surface area contributed by atoms with Crippen LogP contribution in [0.3, 0.4) is 0 Å². The van der Waals surface area contributed by atoms with Crippen molar-refractivity contribution in [2.24, 2.45) is 5.92 Å². The van der Waals surface area contributed by atoms with Crippen LogP contribution in [0.2, 0.25) is 0 Å². The van der Waals surface area contributed by atoms with Gasteiger partial charge in [-0.05, 0) is 45.4 Å². The number of hydrogen-bond donors (Lipinski definition) is 0. The summed E-state index contributed by atoms with van der Waals surface area (Å²) in [5.74, 6) is 0.659. The minimum Gasteiger partial charge on any atom is -0.333 e. The van der Waals surface area contributed by atoms with E-state index in [9.17, 15) is 4.79 Å². The SMILES string of the molecule is C=CCN(C(C)=O)C(CC(=C)C)(CC(=C)C)C1CCCCC1. The molecule has 0 aliphatic heterocycles. The predicted molar refractivity (Wildman–Crippen MR) is 95.8 cm³/mol. The summed E-state index contributed by atoms with van der Waals surface area (Å²) >= 11 is 0. The number of rotatable bonds is 8. The van der Waals surface area contributed by atoms with Gasteiger partial charge in [0.2, 0.25) is 5.91 Å². The number of amides is 1. The third-order valence-corrected chi connectivity index (χ3v) is 4.81. The maximum atomic E-state index is 12.4. The van der Waals surface area contributed by atoms with Crippen molar-refractivity contribution in [3.63, 3.8) is 0 Å². The van der Waals surface area contributed by atoms with Gasteiger partial charge in [-0.2, -0.15) is 0 Å². The summed E-state index contributed by atoms with van der Waals surface area (Å²) in [5, 5.41) is 0. The third-order valence-electron chi connectivity index (χ3n) is 4.81. The Morgan fingerprint density at radius 2 is 1.59 bits per heavy atom. The van der Waals surface area contributed by atoms with E-state index in [0.29, 0.717) is 12.5 Å². The van der Waals surface area contributed by atoms with Gasteiger partial charge in [0, 0.05) is 13.5 Å². The molecule has 0 saturated heterocycles. The minimum absolute atomic E-state index is 0.132. The summed E-state index contributed by atoms with van der Waals surface area (Å²) in [7, 11) is 0. The van der Waals surface area contributed by atoms with Crippen molar-refractivity contribution < 1.29 is 4.79 Å². The zero-order valence-electron chi connectivity index (χ0n) is 14.8. The minimum atomic E-state index is -0.182. The lowest BCUT2D eigenvalue weighted by Crippen LogP contribution is -2.56. The summed E-state index contributed by atoms with van der Waals surface area (Å²) < 4.78 is 0. The van der Waals surface area contributed by atoms with Gasteiger partial charge in [-0.25, -0.2) is 0 Å². The summed E-state index contributed by atoms with van der Waals surface area (Å²) in [5.41, 5.74) is 2.10. The van der Waals surface area contributed by atoms with E-state index in [1.165, 1.54) is 32.1 Å². The van der Waals surface area contributed by atoms with Gasteiger partial charge in [-0.3, -0.25) is 4.79 Å². The maximum absolute atomic E-state index is 12.4. The molecule has 0 spiro atoms. The molecule has 0 heterocycles. The molecule has 0 aromatic rings. The van der Waals surface area contributed by atoms with E-state index in [4.69, 9.17) is 0 Å². The van der Waals surface area contributed by atoms with Gasteiger partial charge in [-0.1, -0.05) is 36.5 Å². The molecule has 2 heteroatoms. The molecule has 1 fully saturated rings. The Labute approximate surface area is 137 Å². The molecule has 1 aliphatic carbocycles. The lowest BCUT2D eigenvalue weighted by atomic mass is 9.68. The molecule has 1 rings (SSSR count). The topological polar surface area (TPSA) is 20.3 Å². The second-order valence-corrected chi connectivity index (χ2v) is 7.12. The first-order valence-electron chi connectivity index (χ1n) is 8.51. The lowest BCUT2D eigenvalue weighted by Gasteiger charge is -2.50. The number of hydrogen-bond acceptors (Lipinski definition) is 1. The van der Waals surface area contributed by atoms with E-state index in [1.54, 1.807) is 6.92 Å². The predicted octanol–water partition coefficient (Wildman–Crippen LogP) is 5.27. The molecular weight excluding hydrogens is 270 g/mol. The van der Waals surface area contributed by atoms with Crippen LogP contribution in [0.5, 0.6) is 0 Å². The zero-order chi connectivity index (χ0) is 16.8. The monoisotopic (exact) mass is 303 g/mol. The Kier molecular flexibility index (Phi) is 7.12. The van der Waals surface area contributed by atoms with Gasteiger partial charge in [0.25, 0.3) is 0 Å². The molecule has 1 amide bonds. The summed E-state index contributed by atoms with van der Waals surface area (Å²) in [6, 6.07) is 0. The van der Waals surface area contributed by atoms with Gasteiger partial charge in [0.1, 0.15) is 0 Å². The Morgan fingerprint density at radius 3 is 1.95 bits per heavy atom. The van der Waals surface area contributed by atoms with Crippen LogP contribution in [0.1, 0.15) is 65.7 Å². The Hall–Kier alpha value is -1.31. The van der Waals surface area contributed by atoms with Gasteiger partial charge in [-0.15, -0.1) is 19.7 Å². The first kappa shape index (κ1) is 18.7. The molecule has 0 unspecified atom stereocenters. The van der Waals surface area contributed by atoms with E-state index in [-0.39, 0.29) is 11.4 Å². The van der Waals surface area contributed by atoms with E-state index < -0.39 is 0 Å². The van der Waals surface area contributed by atoms with E-state index in [0.717, 1.165) is 24.0 Å². The first-order chi connectivity index (χ1) is 10.3. The molecule has 1 saturated carbocycles. The quantitative estimate of drug-likeness (QED) is 0.559. The molecule has 0 bridgehead atoms. The fourth-order valence-corrected chi connectivity index (χ4v) is 4.20. The molecular formula is C20H33NO. The van der Waals surface area contributed by atoms with Crippen LogP contribution in [0.4, 0.5) is 0 Å². The van der Waals surface area contributed by atoms with Crippen LogP contribution in [0.15, 0.2) is 37.0 Å². The van der Waals surface area contributed by atoms with Crippen LogP contribution in [0.25, 0.3) is 0 Å². The molecule has 0 radical (unpaired) electrons. The van der Waals surface area contributed by atoms with Crippen molar-refractivity contribution in [1.29, 1.82) is 0 Å². The van der Waals surface area contributed by atoms with Gasteiger partial charge in [0.05, 0.1) is 5.54 Å².